The molecule has 9 nitrogen and oxygen atoms in total. The number of hydrogen-bond donors (Lipinski definition) is 2. The first kappa shape index (κ1) is 16.9. The van der Waals surface area contributed by atoms with E-state index in [1.54, 1.807) is 19.5 Å². The molecule has 1 atom stereocenters. The Morgan fingerprint density at radius 1 is 1.48 bits per heavy atom. The number of nitrogens with one attached hydrogen (secondary N) is 2. The summed E-state index contributed by atoms with van der Waals surface area (Å²) in [5.74, 6) is 1.78. The molecular formula is C16H20N6O3. The van der Waals surface area contributed by atoms with Gasteiger partial charge in [0.1, 0.15) is 17.8 Å². The molecule has 9 heteroatoms. The molecule has 2 N–H and O–H groups in total. The van der Waals surface area contributed by atoms with E-state index in [0.29, 0.717) is 30.4 Å². The Balaban J connectivity index is 1.68. The molecule has 0 aliphatic heterocycles. The van der Waals surface area contributed by atoms with Gasteiger partial charge in [-0.15, -0.1) is 10.2 Å². The van der Waals surface area contributed by atoms with Gasteiger partial charge in [0.2, 0.25) is 0 Å². The number of nitrogens with zero attached hydrogens (tertiary/aromatic N) is 4. The number of carbonyl (C=O) groups is 1. The van der Waals surface area contributed by atoms with Gasteiger partial charge in [0.15, 0.2) is 17.3 Å². The highest BCUT2D eigenvalue weighted by atomic mass is 16.5. The lowest BCUT2D eigenvalue weighted by Gasteiger charge is -2.13. The van der Waals surface area contributed by atoms with Gasteiger partial charge in [-0.1, -0.05) is 0 Å². The number of H-pyrrole nitrogens is 1. The number of methoxy groups -OCH3 is 1. The van der Waals surface area contributed by atoms with Gasteiger partial charge in [0.05, 0.1) is 12.6 Å². The number of aryl methyl sites for hydroxylation is 1. The smallest absolute Gasteiger partial charge is 0.272 e. The number of aromatic amines is 1. The normalized spacial score (nSPS) is 12.3. The van der Waals surface area contributed by atoms with Gasteiger partial charge in [-0.3, -0.25) is 9.89 Å². The average Bonchev–Trinajstić information content (AvgIpc) is 3.32. The van der Waals surface area contributed by atoms with E-state index >= 15 is 0 Å². The topological polar surface area (TPSA) is 111 Å². The standard InChI is InChI=1S/C16H20N6O3/c1-10-4-5-14(25-10)12-8-13(20-19-12)16(23)18-11(2)15-21-17-9-22(15)6-7-24-3/h4-5,8-9,11H,6-7H2,1-3H3,(H,18,23)(H,19,20)/t11-/m1/s1. The molecule has 132 valence electrons. The summed E-state index contributed by atoms with van der Waals surface area (Å²) in [4.78, 5) is 12.4. The molecular weight excluding hydrogens is 324 g/mol. The summed E-state index contributed by atoms with van der Waals surface area (Å²) < 4.78 is 12.4. The first-order valence-electron chi connectivity index (χ1n) is 7.88. The van der Waals surface area contributed by atoms with Crippen LogP contribution < -0.4 is 5.32 Å². The van der Waals surface area contributed by atoms with Crippen LogP contribution in [0.1, 0.15) is 35.0 Å². The predicted molar refractivity (Wildman–Crippen MR) is 88.8 cm³/mol. The zero-order chi connectivity index (χ0) is 17.8. The van der Waals surface area contributed by atoms with Crippen LogP contribution in [0.2, 0.25) is 0 Å². The van der Waals surface area contributed by atoms with Crippen LogP contribution in [0.5, 0.6) is 0 Å². The van der Waals surface area contributed by atoms with Crippen molar-refractivity contribution in [3.8, 4) is 11.5 Å². The Hall–Kier alpha value is -2.94. The van der Waals surface area contributed by atoms with E-state index in [1.807, 2.05) is 30.5 Å². The second kappa shape index (κ2) is 7.31. The zero-order valence-electron chi connectivity index (χ0n) is 14.3. The lowest BCUT2D eigenvalue weighted by atomic mass is 10.2. The maximum atomic E-state index is 12.4. The maximum Gasteiger partial charge on any atom is 0.272 e. The first-order valence-corrected chi connectivity index (χ1v) is 7.88. The summed E-state index contributed by atoms with van der Waals surface area (Å²) in [6.45, 7) is 4.85. The monoisotopic (exact) mass is 344 g/mol. The fourth-order valence-electron chi connectivity index (χ4n) is 2.44. The highest BCUT2D eigenvalue weighted by Crippen LogP contribution is 2.20. The summed E-state index contributed by atoms with van der Waals surface area (Å²) in [7, 11) is 1.63. The number of aromatic nitrogens is 5. The van der Waals surface area contributed by atoms with Crippen LogP contribution in [-0.2, 0) is 11.3 Å². The number of ether oxygens (including phenoxy) is 1. The molecule has 0 spiro atoms. The lowest BCUT2D eigenvalue weighted by molar-refractivity contribution is 0.0932. The quantitative estimate of drug-likeness (QED) is 0.675. The van der Waals surface area contributed by atoms with Crippen molar-refractivity contribution in [3.63, 3.8) is 0 Å². The molecule has 3 aromatic rings. The van der Waals surface area contributed by atoms with E-state index in [9.17, 15) is 4.79 Å². The van der Waals surface area contributed by atoms with Crippen LogP contribution in [0, 0.1) is 6.92 Å². The molecule has 0 aliphatic rings. The van der Waals surface area contributed by atoms with E-state index in [-0.39, 0.29) is 17.6 Å². The number of furan rings is 1. The molecule has 3 heterocycles. The summed E-state index contributed by atoms with van der Waals surface area (Å²) in [6, 6.07) is 5.00. The molecule has 1 amide bonds. The van der Waals surface area contributed by atoms with Gasteiger partial charge < -0.3 is 19.0 Å². The van der Waals surface area contributed by atoms with Crippen molar-refractivity contribution in [2.45, 2.75) is 26.4 Å². The Morgan fingerprint density at radius 3 is 3.04 bits per heavy atom. The van der Waals surface area contributed by atoms with Crippen molar-refractivity contribution in [1.29, 1.82) is 0 Å². The fourth-order valence-corrected chi connectivity index (χ4v) is 2.44. The number of hydrogen-bond acceptors (Lipinski definition) is 6. The molecule has 25 heavy (non-hydrogen) atoms. The van der Waals surface area contributed by atoms with Crippen LogP contribution in [0.25, 0.3) is 11.5 Å². The van der Waals surface area contributed by atoms with E-state index in [4.69, 9.17) is 9.15 Å². The van der Waals surface area contributed by atoms with Crippen LogP contribution >= 0.6 is 0 Å². The number of carbonyl (C=O) groups excluding carboxylic acids is 1. The zero-order valence-corrected chi connectivity index (χ0v) is 14.3. The fraction of sp³-hybridized carbons (Fsp3) is 0.375. The highest BCUT2D eigenvalue weighted by Gasteiger charge is 2.19. The molecule has 0 aromatic carbocycles. The average molecular weight is 344 g/mol. The molecule has 0 radical (unpaired) electrons. The molecule has 0 unspecified atom stereocenters. The third-order valence-electron chi connectivity index (χ3n) is 3.73. The third kappa shape index (κ3) is 3.77. The van der Waals surface area contributed by atoms with E-state index in [1.165, 1.54) is 0 Å². The second-order valence-electron chi connectivity index (χ2n) is 5.65. The molecule has 0 saturated carbocycles. The van der Waals surface area contributed by atoms with Gasteiger partial charge in [0.25, 0.3) is 5.91 Å². The highest BCUT2D eigenvalue weighted by molar-refractivity contribution is 5.93. The molecule has 3 rings (SSSR count). The minimum Gasteiger partial charge on any atom is -0.460 e. The van der Waals surface area contributed by atoms with Gasteiger partial charge >= 0.3 is 0 Å². The Labute approximate surface area is 144 Å². The van der Waals surface area contributed by atoms with Crippen LogP contribution in [0.3, 0.4) is 0 Å². The SMILES string of the molecule is COCCn1cnnc1[C@@H](C)NC(=O)c1cc(-c2ccc(C)o2)[nH]n1. The Morgan fingerprint density at radius 2 is 2.32 bits per heavy atom. The largest absolute Gasteiger partial charge is 0.460 e. The van der Waals surface area contributed by atoms with Crippen molar-refractivity contribution < 1.29 is 13.9 Å². The third-order valence-corrected chi connectivity index (χ3v) is 3.73. The summed E-state index contributed by atoms with van der Waals surface area (Å²) in [6.07, 6.45) is 1.61. The lowest BCUT2D eigenvalue weighted by Crippen LogP contribution is -2.29. The van der Waals surface area contributed by atoms with E-state index in [0.717, 1.165) is 5.76 Å². The number of rotatable bonds is 7. The summed E-state index contributed by atoms with van der Waals surface area (Å²) >= 11 is 0. The summed E-state index contributed by atoms with van der Waals surface area (Å²) in [5, 5.41) is 17.7. The molecule has 0 saturated heterocycles. The van der Waals surface area contributed by atoms with Gasteiger partial charge in [-0.05, 0) is 26.0 Å². The molecule has 0 bridgehead atoms. The van der Waals surface area contributed by atoms with Crippen molar-refractivity contribution in [2.75, 3.05) is 13.7 Å². The minimum atomic E-state index is -0.321. The van der Waals surface area contributed by atoms with Crippen molar-refractivity contribution in [2.24, 2.45) is 0 Å². The second-order valence-corrected chi connectivity index (χ2v) is 5.65. The van der Waals surface area contributed by atoms with Gasteiger partial charge in [0, 0.05) is 19.7 Å². The Bertz CT molecular complexity index is 850. The van der Waals surface area contributed by atoms with Crippen molar-refractivity contribution in [3.05, 3.63) is 41.8 Å². The summed E-state index contributed by atoms with van der Waals surface area (Å²) in [5.41, 5.74) is 0.924. The van der Waals surface area contributed by atoms with Gasteiger partial charge in [-0.2, -0.15) is 5.10 Å². The minimum absolute atomic E-state index is 0.277. The Kier molecular flexibility index (Phi) is 4.94. The maximum absolute atomic E-state index is 12.4. The van der Waals surface area contributed by atoms with Crippen LogP contribution in [0.15, 0.2) is 28.9 Å². The molecule has 3 aromatic heterocycles. The molecule has 0 aliphatic carbocycles. The number of amides is 1. The van der Waals surface area contributed by atoms with E-state index < -0.39 is 0 Å². The van der Waals surface area contributed by atoms with Crippen LogP contribution in [0.4, 0.5) is 0 Å². The van der Waals surface area contributed by atoms with Crippen LogP contribution in [-0.4, -0.2) is 44.6 Å². The predicted octanol–water partition coefficient (Wildman–Crippen LogP) is 1.71. The van der Waals surface area contributed by atoms with E-state index in [2.05, 4.69) is 25.7 Å². The van der Waals surface area contributed by atoms with Crippen molar-refractivity contribution >= 4 is 5.91 Å². The molecule has 0 fully saturated rings. The van der Waals surface area contributed by atoms with Gasteiger partial charge in [-0.25, -0.2) is 0 Å². The first-order chi connectivity index (χ1) is 12.1. The van der Waals surface area contributed by atoms with Crippen molar-refractivity contribution in [1.82, 2.24) is 30.3 Å².